The van der Waals surface area contributed by atoms with E-state index in [2.05, 4.69) is 5.32 Å². The Bertz CT molecular complexity index is 336. The van der Waals surface area contributed by atoms with Gasteiger partial charge in [0.15, 0.2) is 0 Å². The van der Waals surface area contributed by atoms with Crippen LogP contribution >= 0.6 is 0 Å². The molecule has 0 aliphatic heterocycles. The minimum Gasteiger partial charge on any atom is -0.350 e. The second-order valence-corrected chi connectivity index (χ2v) is 3.59. The lowest BCUT2D eigenvalue weighted by Crippen LogP contribution is -2.25. The SMILES string of the molecule is CCC(=O)NC(C)c1cccc(CN)c1. The molecule has 82 valence electrons. The summed E-state index contributed by atoms with van der Waals surface area (Å²) in [7, 11) is 0. The Morgan fingerprint density at radius 3 is 2.87 bits per heavy atom. The van der Waals surface area contributed by atoms with Crippen LogP contribution in [0.3, 0.4) is 0 Å². The molecule has 0 aliphatic carbocycles. The summed E-state index contributed by atoms with van der Waals surface area (Å²) in [6.07, 6.45) is 0.515. The Hall–Kier alpha value is -1.35. The largest absolute Gasteiger partial charge is 0.350 e. The van der Waals surface area contributed by atoms with Gasteiger partial charge < -0.3 is 11.1 Å². The van der Waals surface area contributed by atoms with Gasteiger partial charge in [-0.05, 0) is 18.1 Å². The molecule has 0 spiro atoms. The highest BCUT2D eigenvalue weighted by molar-refractivity contribution is 5.75. The topological polar surface area (TPSA) is 55.1 Å². The third-order valence-corrected chi connectivity index (χ3v) is 2.39. The van der Waals surface area contributed by atoms with Crippen molar-refractivity contribution in [3.63, 3.8) is 0 Å². The fourth-order valence-electron chi connectivity index (χ4n) is 1.42. The highest BCUT2D eigenvalue weighted by Gasteiger charge is 2.07. The monoisotopic (exact) mass is 206 g/mol. The third kappa shape index (κ3) is 3.36. The van der Waals surface area contributed by atoms with Gasteiger partial charge in [-0.2, -0.15) is 0 Å². The summed E-state index contributed by atoms with van der Waals surface area (Å²) < 4.78 is 0. The van der Waals surface area contributed by atoms with Crippen LogP contribution in [0.5, 0.6) is 0 Å². The lowest BCUT2D eigenvalue weighted by Gasteiger charge is -2.14. The van der Waals surface area contributed by atoms with E-state index in [1.54, 1.807) is 0 Å². The van der Waals surface area contributed by atoms with Gasteiger partial charge in [-0.25, -0.2) is 0 Å². The normalized spacial score (nSPS) is 12.2. The number of nitrogens with one attached hydrogen (secondary N) is 1. The van der Waals surface area contributed by atoms with Crippen molar-refractivity contribution >= 4 is 5.91 Å². The van der Waals surface area contributed by atoms with Crippen LogP contribution in [-0.4, -0.2) is 5.91 Å². The third-order valence-electron chi connectivity index (χ3n) is 2.39. The minimum absolute atomic E-state index is 0.0453. The smallest absolute Gasteiger partial charge is 0.220 e. The number of nitrogens with two attached hydrogens (primary N) is 1. The van der Waals surface area contributed by atoms with Crippen molar-refractivity contribution in [1.29, 1.82) is 0 Å². The predicted octanol–water partition coefficient (Wildman–Crippen LogP) is 1.73. The van der Waals surface area contributed by atoms with E-state index in [4.69, 9.17) is 5.73 Å². The second kappa shape index (κ2) is 5.51. The lowest BCUT2D eigenvalue weighted by atomic mass is 10.1. The number of hydrogen-bond acceptors (Lipinski definition) is 2. The number of benzene rings is 1. The van der Waals surface area contributed by atoms with Gasteiger partial charge >= 0.3 is 0 Å². The number of hydrogen-bond donors (Lipinski definition) is 2. The maximum absolute atomic E-state index is 11.2. The second-order valence-electron chi connectivity index (χ2n) is 3.59. The molecule has 15 heavy (non-hydrogen) atoms. The minimum atomic E-state index is 0.0453. The number of rotatable bonds is 4. The van der Waals surface area contributed by atoms with E-state index in [9.17, 15) is 4.79 Å². The zero-order valence-electron chi connectivity index (χ0n) is 9.29. The molecule has 1 amide bonds. The van der Waals surface area contributed by atoms with Crippen molar-refractivity contribution in [2.45, 2.75) is 32.9 Å². The fourth-order valence-corrected chi connectivity index (χ4v) is 1.42. The molecular weight excluding hydrogens is 188 g/mol. The zero-order chi connectivity index (χ0) is 11.3. The Morgan fingerprint density at radius 1 is 1.53 bits per heavy atom. The van der Waals surface area contributed by atoms with Crippen LogP contribution in [0.4, 0.5) is 0 Å². The van der Waals surface area contributed by atoms with Crippen LogP contribution in [0.1, 0.15) is 37.4 Å². The van der Waals surface area contributed by atoms with Gasteiger partial charge in [0.25, 0.3) is 0 Å². The Kier molecular flexibility index (Phi) is 4.31. The molecule has 0 aromatic heterocycles. The Labute approximate surface area is 90.7 Å². The van der Waals surface area contributed by atoms with Gasteiger partial charge in [-0.3, -0.25) is 4.79 Å². The maximum atomic E-state index is 11.2. The average molecular weight is 206 g/mol. The van der Waals surface area contributed by atoms with Gasteiger partial charge in [0, 0.05) is 13.0 Å². The quantitative estimate of drug-likeness (QED) is 0.788. The van der Waals surface area contributed by atoms with E-state index in [1.165, 1.54) is 0 Å². The molecule has 0 saturated carbocycles. The summed E-state index contributed by atoms with van der Waals surface area (Å²) in [5.41, 5.74) is 7.74. The fraction of sp³-hybridized carbons (Fsp3) is 0.417. The summed E-state index contributed by atoms with van der Waals surface area (Å²) in [5, 5.41) is 2.92. The molecule has 0 saturated heterocycles. The molecule has 1 rings (SSSR count). The van der Waals surface area contributed by atoms with Gasteiger partial charge in [0.1, 0.15) is 0 Å². The van der Waals surface area contributed by atoms with Crippen molar-refractivity contribution < 1.29 is 4.79 Å². The first-order valence-electron chi connectivity index (χ1n) is 5.25. The predicted molar refractivity (Wildman–Crippen MR) is 61.2 cm³/mol. The van der Waals surface area contributed by atoms with Crippen molar-refractivity contribution in [3.05, 3.63) is 35.4 Å². The first-order chi connectivity index (χ1) is 7.17. The van der Waals surface area contributed by atoms with Crippen LogP contribution < -0.4 is 11.1 Å². The molecule has 3 nitrogen and oxygen atoms in total. The van der Waals surface area contributed by atoms with Crippen LogP contribution in [0, 0.1) is 0 Å². The molecule has 0 fully saturated rings. The molecule has 0 heterocycles. The van der Waals surface area contributed by atoms with E-state index in [0.29, 0.717) is 13.0 Å². The van der Waals surface area contributed by atoms with Gasteiger partial charge in [-0.1, -0.05) is 31.2 Å². The highest BCUT2D eigenvalue weighted by Crippen LogP contribution is 2.13. The molecule has 3 heteroatoms. The first kappa shape index (κ1) is 11.7. The van der Waals surface area contributed by atoms with Gasteiger partial charge in [-0.15, -0.1) is 0 Å². The molecule has 0 aliphatic rings. The molecule has 1 unspecified atom stereocenters. The molecule has 1 aromatic carbocycles. The van der Waals surface area contributed by atoms with E-state index >= 15 is 0 Å². The van der Waals surface area contributed by atoms with Gasteiger partial charge in [0.05, 0.1) is 6.04 Å². The summed E-state index contributed by atoms with van der Waals surface area (Å²) in [5.74, 6) is 0.0700. The molecule has 0 bridgehead atoms. The number of amides is 1. The van der Waals surface area contributed by atoms with E-state index in [1.807, 2.05) is 38.1 Å². The summed E-state index contributed by atoms with van der Waals surface area (Å²) in [6.45, 7) is 4.35. The molecule has 3 N–H and O–H groups in total. The van der Waals surface area contributed by atoms with E-state index in [-0.39, 0.29) is 11.9 Å². The summed E-state index contributed by atoms with van der Waals surface area (Å²) in [6, 6.07) is 8.02. The first-order valence-corrected chi connectivity index (χ1v) is 5.25. The van der Waals surface area contributed by atoms with Crippen molar-refractivity contribution in [2.24, 2.45) is 5.73 Å². The molecule has 0 radical (unpaired) electrons. The molecule has 1 aromatic rings. The van der Waals surface area contributed by atoms with Crippen LogP contribution in [0.15, 0.2) is 24.3 Å². The highest BCUT2D eigenvalue weighted by atomic mass is 16.1. The maximum Gasteiger partial charge on any atom is 0.220 e. The standard InChI is InChI=1S/C12H18N2O/c1-3-12(15)14-9(2)11-6-4-5-10(7-11)8-13/h4-7,9H,3,8,13H2,1-2H3,(H,14,15). The van der Waals surface area contributed by atoms with E-state index in [0.717, 1.165) is 11.1 Å². The number of carbonyl (C=O) groups is 1. The van der Waals surface area contributed by atoms with E-state index < -0.39 is 0 Å². The van der Waals surface area contributed by atoms with Gasteiger partial charge in [0.2, 0.25) is 5.91 Å². The van der Waals surface area contributed by atoms with Crippen molar-refractivity contribution in [1.82, 2.24) is 5.32 Å². The molecule has 1 atom stereocenters. The summed E-state index contributed by atoms with van der Waals surface area (Å²) >= 11 is 0. The zero-order valence-corrected chi connectivity index (χ0v) is 9.29. The van der Waals surface area contributed by atoms with Crippen molar-refractivity contribution in [3.8, 4) is 0 Å². The van der Waals surface area contributed by atoms with Crippen LogP contribution in [-0.2, 0) is 11.3 Å². The number of carbonyl (C=O) groups excluding carboxylic acids is 1. The summed E-state index contributed by atoms with van der Waals surface area (Å²) in [4.78, 5) is 11.2. The van der Waals surface area contributed by atoms with Crippen molar-refractivity contribution in [2.75, 3.05) is 0 Å². The Balaban J connectivity index is 2.72. The van der Waals surface area contributed by atoms with Crippen LogP contribution in [0.2, 0.25) is 0 Å². The average Bonchev–Trinajstić information content (AvgIpc) is 2.28. The Morgan fingerprint density at radius 2 is 2.27 bits per heavy atom. The molecular formula is C12H18N2O. The van der Waals surface area contributed by atoms with Crippen LogP contribution in [0.25, 0.3) is 0 Å². The lowest BCUT2D eigenvalue weighted by molar-refractivity contribution is -0.121.